The summed E-state index contributed by atoms with van der Waals surface area (Å²) in [6.07, 6.45) is 4.61. The second kappa shape index (κ2) is 10.6. The minimum Gasteiger partial charge on any atom is -0.480 e. The third-order valence-electron chi connectivity index (χ3n) is 9.02. The van der Waals surface area contributed by atoms with Gasteiger partial charge in [0.15, 0.2) is 11.3 Å². The van der Waals surface area contributed by atoms with Crippen molar-refractivity contribution in [2.75, 3.05) is 31.6 Å². The highest BCUT2D eigenvalue weighted by atomic mass is 16.5. The van der Waals surface area contributed by atoms with Crippen LogP contribution in [-0.4, -0.2) is 64.1 Å². The molecule has 1 saturated heterocycles. The molecule has 1 N–H and O–H groups in total. The normalized spacial score (nSPS) is 19.2. The predicted molar refractivity (Wildman–Crippen MR) is 163 cm³/mol. The van der Waals surface area contributed by atoms with Crippen molar-refractivity contribution in [3.05, 3.63) is 46.8 Å². The average Bonchev–Trinajstić information content (AvgIpc) is 3.35. The lowest BCUT2D eigenvalue weighted by molar-refractivity contribution is 0.0482. The monoisotopic (exact) mass is 576 g/mol. The van der Waals surface area contributed by atoms with Crippen molar-refractivity contribution in [1.29, 1.82) is 0 Å². The zero-order chi connectivity index (χ0) is 30.6. The lowest BCUT2D eigenvalue weighted by Crippen LogP contribution is -2.61. The number of pyridine rings is 2. The van der Waals surface area contributed by atoms with Gasteiger partial charge < -0.3 is 24.1 Å². The molecule has 5 rings (SSSR count). The number of carbonyl (C=O) groups is 2. The Bertz CT molecular complexity index is 1510. The number of rotatable bonds is 5. The fraction of sp³-hybridized carbons (Fsp3) is 0.576. The molecule has 4 heterocycles. The van der Waals surface area contributed by atoms with Gasteiger partial charge in [-0.3, -0.25) is 4.79 Å². The van der Waals surface area contributed by atoms with Crippen molar-refractivity contribution >= 4 is 28.8 Å². The fourth-order valence-corrected chi connectivity index (χ4v) is 6.39. The summed E-state index contributed by atoms with van der Waals surface area (Å²) >= 11 is 0. The molecule has 226 valence electrons. The second-order valence-electron chi connectivity index (χ2n) is 14.3. The highest BCUT2D eigenvalue weighted by molar-refractivity contribution is 5.96. The van der Waals surface area contributed by atoms with Crippen LogP contribution in [0.15, 0.2) is 28.7 Å². The molecule has 2 fully saturated rings. The first-order chi connectivity index (χ1) is 19.6. The number of hydrogen-bond donors (Lipinski definition) is 1. The van der Waals surface area contributed by atoms with Crippen molar-refractivity contribution in [1.82, 2.24) is 14.9 Å². The maximum absolute atomic E-state index is 14.0. The SMILES string of the molecule is COc1nc(N2CCN(C(=O)c3cc4nc(C5CCC(C)(C)CC5)cc(C(C)(C)C)c4o3)C(C)(C)C2)ccc1C(=O)O. The third-order valence-corrected chi connectivity index (χ3v) is 9.02. The fourth-order valence-electron chi connectivity index (χ4n) is 6.39. The molecule has 3 aromatic rings. The molecule has 42 heavy (non-hydrogen) atoms. The molecule has 0 radical (unpaired) electrons. The van der Waals surface area contributed by atoms with Crippen LogP contribution in [0.3, 0.4) is 0 Å². The molecule has 1 amide bonds. The summed E-state index contributed by atoms with van der Waals surface area (Å²) in [5, 5.41) is 9.41. The van der Waals surface area contributed by atoms with Crippen LogP contribution in [0.5, 0.6) is 5.88 Å². The van der Waals surface area contributed by atoms with Crippen LogP contribution in [0.1, 0.15) is 112 Å². The first-order valence-electron chi connectivity index (χ1n) is 14.9. The number of carboxylic acid groups (broad SMARTS) is 1. The zero-order valence-corrected chi connectivity index (χ0v) is 26.2. The van der Waals surface area contributed by atoms with E-state index < -0.39 is 11.5 Å². The molecule has 9 heteroatoms. The average molecular weight is 577 g/mol. The van der Waals surface area contributed by atoms with Gasteiger partial charge in [0.2, 0.25) is 5.88 Å². The minimum absolute atomic E-state index is 0.0120. The number of ether oxygens (including phenoxy) is 1. The van der Waals surface area contributed by atoms with Crippen molar-refractivity contribution in [3.8, 4) is 5.88 Å². The van der Waals surface area contributed by atoms with Gasteiger partial charge in [-0.05, 0) is 68.6 Å². The van der Waals surface area contributed by atoms with E-state index in [-0.39, 0.29) is 22.8 Å². The summed E-state index contributed by atoms with van der Waals surface area (Å²) in [5.74, 6) is 0.144. The van der Waals surface area contributed by atoms with E-state index >= 15 is 0 Å². The topological polar surface area (TPSA) is 109 Å². The van der Waals surface area contributed by atoms with Crippen LogP contribution in [-0.2, 0) is 5.41 Å². The quantitative estimate of drug-likeness (QED) is 0.360. The first-order valence-corrected chi connectivity index (χ1v) is 14.9. The number of aromatic carboxylic acids is 1. The molecule has 1 saturated carbocycles. The Morgan fingerprint density at radius 2 is 1.74 bits per heavy atom. The largest absolute Gasteiger partial charge is 0.480 e. The van der Waals surface area contributed by atoms with Gasteiger partial charge in [-0.1, -0.05) is 34.6 Å². The van der Waals surface area contributed by atoms with Gasteiger partial charge in [0.1, 0.15) is 16.9 Å². The van der Waals surface area contributed by atoms with E-state index in [0.29, 0.717) is 48.1 Å². The predicted octanol–water partition coefficient (Wildman–Crippen LogP) is 6.65. The number of nitrogens with zero attached hydrogens (tertiary/aromatic N) is 4. The summed E-state index contributed by atoms with van der Waals surface area (Å²) in [6.45, 7) is 16.7. The Kier molecular flexibility index (Phi) is 7.52. The van der Waals surface area contributed by atoms with Gasteiger partial charge >= 0.3 is 5.97 Å². The summed E-state index contributed by atoms with van der Waals surface area (Å²) in [6, 6.07) is 7.22. The molecule has 3 aromatic heterocycles. The number of piperazine rings is 1. The summed E-state index contributed by atoms with van der Waals surface area (Å²) in [4.78, 5) is 38.8. The molecule has 1 aliphatic heterocycles. The standard InChI is InChI=1S/C33H44N4O5/c1-31(2,3)22-17-23(20-11-13-32(4,5)14-12-20)34-24-18-25(42-27(22)24)29(38)37-16-15-36(19-33(37,6)7)26-10-9-21(30(39)40)28(35-26)41-8/h9-10,17-18,20H,11-16,19H2,1-8H3,(H,39,40). The van der Waals surface area contributed by atoms with Gasteiger partial charge in [-0.2, -0.15) is 4.98 Å². The molecule has 0 atom stereocenters. The van der Waals surface area contributed by atoms with Crippen LogP contribution in [0.2, 0.25) is 0 Å². The van der Waals surface area contributed by atoms with Gasteiger partial charge in [-0.15, -0.1) is 0 Å². The van der Waals surface area contributed by atoms with E-state index in [1.165, 1.54) is 26.0 Å². The summed E-state index contributed by atoms with van der Waals surface area (Å²) in [5.41, 5.74) is 3.30. The molecule has 9 nitrogen and oxygen atoms in total. The number of anilines is 1. The molecule has 2 aliphatic rings. The second-order valence-corrected chi connectivity index (χ2v) is 14.3. The Morgan fingerprint density at radius 1 is 1.05 bits per heavy atom. The van der Waals surface area contributed by atoms with E-state index in [1.807, 2.05) is 29.7 Å². The Labute approximate surface area is 248 Å². The highest BCUT2D eigenvalue weighted by Gasteiger charge is 2.39. The van der Waals surface area contributed by atoms with Crippen molar-refractivity contribution in [2.45, 2.75) is 91.0 Å². The van der Waals surface area contributed by atoms with Crippen LogP contribution in [0.4, 0.5) is 5.82 Å². The number of furan rings is 1. The molecule has 1 aliphatic carbocycles. The number of methoxy groups -OCH3 is 1. The maximum atomic E-state index is 14.0. The van der Waals surface area contributed by atoms with Gasteiger partial charge in [0, 0.05) is 42.9 Å². The van der Waals surface area contributed by atoms with Gasteiger partial charge in [-0.25, -0.2) is 9.78 Å². The maximum Gasteiger partial charge on any atom is 0.341 e. The smallest absolute Gasteiger partial charge is 0.341 e. The highest BCUT2D eigenvalue weighted by Crippen LogP contribution is 2.43. The van der Waals surface area contributed by atoms with E-state index in [1.54, 1.807) is 6.07 Å². The minimum atomic E-state index is -1.09. The van der Waals surface area contributed by atoms with E-state index in [0.717, 1.165) is 29.6 Å². The summed E-state index contributed by atoms with van der Waals surface area (Å²) in [7, 11) is 1.41. The van der Waals surface area contributed by atoms with Gasteiger partial charge in [0.05, 0.1) is 12.6 Å². The van der Waals surface area contributed by atoms with Crippen molar-refractivity contribution in [2.24, 2.45) is 5.41 Å². The molecule has 0 bridgehead atoms. The van der Waals surface area contributed by atoms with Gasteiger partial charge in [0.25, 0.3) is 5.91 Å². The Morgan fingerprint density at radius 3 is 2.33 bits per heavy atom. The molecule has 0 spiro atoms. The molecule has 0 aromatic carbocycles. The number of amides is 1. The van der Waals surface area contributed by atoms with E-state index in [2.05, 4.69) is 45.7 Å². The molecular formula is C33H44N4O5. The third kappa shape index (κ3) is 5.70. The number of aromatic nitrogens is 2. The number of fused-ring (bicyclic) bond motifs is 1. The summed E-state index contributed by atoms with van der Waals surface area (Å²) < 4.78 is 11.6. The number of carbonyl (C=O) groups excluding carboxylic acids is 1. The number of hydrogen-bond acceptors (Lipinski definition) is 7. The van der Waals surface area contributed by atoms with E-state index in [9.17, 15) is 14.7 Å². The van der Waals surface area contributed by atoms with Crippen LogP contribution in [0, 0.1) is 5.41 Å². The van der Waals surface area contributed by atoms with Crippen LogP contribution < -0.4 is 9.64 Å². The van der Waals surface area contributed by atoms with Crippen molar-refractivity contribution < 1.29 is 23.8 Å². The zero-order valence-electron chi connectivity index (χ0n) is 26.2. The Balaban J connectivity index is 1.41. The molecule has 0 unspecified atom stereocenters. The van der Waals surface area contributed by atoms with E-state index in [4.69, 9.17) is 14.1 Å². The Hall–Kier alpha value is -3.62. The molecular weight excluding hydrogens is 532 g/mol. The lowest BCUT2D eigenvalue weighted by Gasteiger charge is -2.47. The van der Waals surface area contributed by atoms with Crippen LogP contribution in [0.25, 0.3) is 11.1 Å². The first kappa shape index (κ1) is 29.9. The van der Waals surface area contributed by atoms with Crippen LogP contribution >= 0.6 is 0 Å². The van der Waals surface area contributed by atoms with Crippen molar-refractivity contribution in [3.63, 3.8) is 0 Å². The number of carboxylic acids is 1. The lowest BCUT2D eigenvalue weighted by atomic mass is 9.72.